The highest BCUT2D eigenvalue weighted by Crippen LogP contribution is 2.65. The Balaban J connectivity index is 1.71. The summed E-state index contributed by atoms with van der Waals surface area (Å²) in [4.78, 5) is 52.3. The fraction of sp³-hybridized carbons (Fsp3) is 0.520. The second-order valence-electron chi connectivity index (χ2n) is 10.8. The number of benzene rings is 1. The van der Waals surface area contributed by atoms with E-state index in [1.54, 1.807) is 12.1 Å². The third-order valence-corrected chi connectivity index (χ3v) is 9.32. The third kappa shape index (κ3) is 2.71. The van der Waals surface area contributed by atoms with Gasteiger partial charge in [0, 0.05) is 18.5 Å². The van der Waals surface area contributed by atoms with Crippen LogP contribution in [0, 0.1) is 17.8 Å². The van der Waals surface area contributed by atoms with Crippen LogP contribution in [-0.4, -0.2) is 60.9 Å². The molecule has 4 amide bonds. The van der Waals surface area contributed by atoms with Crippen molar-refractivity contribution >= 4 is 46.8 Å². The zero-order valence-corrected chi connectivity index (χ0v) is 20.9. The summed E-state index contributed by atoms with van der Waals surface area (Å²) in [5.41, 5.74) is 0.657. The van der Waals surface area contributed by atoms with Gasteiger partial charge in [-0.15, -0.1) is 23.2 Å². The molecule has 2 aliphatic carbocycles. The van der Waals surface area contributed by atoms with Crippen molar-refractivity contribution < 1.29 is 24.3 Å². The Kier molecular flexibility index (Phi) is 4.86. The molecular weight excluding hydrogens is 479 g/mol. The summed E-state index contributed by atoms with van der Waals surface area (Å²) in [6, 6.07) is 6.27. The van der Waals surface area contributed by atoms with Gasteiger partial charge < -0.3 is 5.11 Å². The Morgan fingerprint density at radius 1 is 0.971 bits per heavy atom. The lowest BCUT2D eigenvalue weighted by Gasteiger charge is -2.50. The first-order valence-electron chi connectivity index (χ1n) is 11.3. The molecular formula is C25H26Cl2N2O5. The maximum atomic E-state index is 13.6. The topological polar surface area (TPSA) is 95.0 Å². The van der Waals surface area contributed by atoms with Crippen LogP contribution < -0.4 is 0 Å². The summed E-state index contributed by atoms with van der Waals surface area (Å²) >= 11 is 14.1. The van der Waals surface area contributed by atoms with Gasteiger partial charge in [-0.05, 0) is 57.2 Å². The van der Waals surface area contributed by atoms with Gasteiger partial charge in [0.05, 0.1) is 11.8 Å². The number of allylic oxidation sites excluding steroid dienone is 2. The molecule has 5 rings (SSSR count). The highest BCUT2D eigenvalue weighted by Gasteiger charge is 2.76. The minimum Gasteiger partial charge on any atom is -0.508 e. The molecule has 180 valence electrons. The van der Waals surface area contributed by atoms with Crippen LogP contribution >= 0.6 is 23.2 Å². The number of carbonyl (C=O) groups excluding carboxylic acids is 4. The van der Waals surface area contributed by atoms with E-state index in [0.29, 0.717) is 12.0 Å². The number of nitrogens with zero attached hydrogens (tertiary/aromatic N) is 2. The van der Waals surface area contributed by atoms with Crippen LogP contribution in [0.3, 0.4) is 0 Å². The van der Waals surface area contributed by atoms with Crippen molar-refractivity contribution in [2.45, 2.75) is 54.8 Å². The average molecular weight is 505 g/mol. The van der Waals surface area contributed by atoms with Gasteiger partial charge in [-0.1, -0.05) is 23.8 Å². The molecule has 7 nitrogen and oxygen atoms in total. The van der Waals surface area contributed by atoms with Gasteiger partial charge in [-0.2, -0.15) is 0 Å². The van der Waals surface area contributed by atoms with Crippen LogP contribution in [0.1, 0.15) is 45.1 Å². The fourth-order valence-electron chi connectivity index (χ4n) is 6.45. The van der Waals surface area contributed by atoms with Crippen molar-refractivity contribution in [1.82, 2.24) is 9.80 Å². The highest BCUT2D eigenvalue weighted by molar-refractivity contribution is 6.53. The standard InChI is InChI=1S/C25H26Cl2N2O5/c1-23(2,3)29-19(31)15-10-9-14-16(17(15)20(29)32)11-24(26)21(33)28(4)22(34)25(24,27)18(14)12-5-7-13(30)8-6-12/h5-9,15-18,30H,10-11H2,1-4H3/t15-,16+,17-,18-,24+,25-/m0/s1. The zero-order valence-electron chi connectivity index (χ0n) is 19.3. The maximum Gasteiger partial charge on any atom is 0.253 e. The second-order valence-corrected chi connectivity index (χ2v) is 12.0. The van der Waals surface area contributed by atoms with Crippen molar-refractivity contribution in [2.24, 2.45) is 17.8 Å². The summed E-state index contributed by atoms with van der Waals surface area (Å²) < 4.78 is 0. The maximum absolute atomic E-state index is 13.6. The van der Waals surface area contributed by atoms with Gasteiger partial charge >= 0.3 is 0 Å². The number of imide groups is 2. The molecule has 3 fully saturated rings. The second kappa shape index (κ2) is 7.08. The molecule has 0 aromatic heterocycles. The van der Waals surface area contributed by atoms with E-state index in [-0.39, 0.29) is 24.0 Å². The molecule has 2 saturated heterocycles. The summed E-state index contributed by atoms with van der Waals surface area (Å²) in [6.45, 7) is 5.45. The van der Waals surface area contributed by atoms with Crippen LogP contribution in [0.4, 0.5) is 0 Å². The van der Waals surface area contributed by atoms with E-state index in [2.05, 4.69) is 0 Å². The lowest BCUT2D eigenvalue weighted by Crippen LogP contribution is -2.60. The molecule has 2 heterocycles. The predicted octanol–water partition coefficient (Wildman–Crippen LogP) is 3.18. The lowest BCUT2D eigenvalue weighted by atomic mass is 9.56. The normalized spacial score (nSPS) is 37.5. The molecule has 0 spiro atoms. The highest BCUT2D eigenvalue weighted by atomic mass is 35.5. The van der Waals surface area contributed by atoms with Crippen LogP contribution in [0.25, 0.3) is 0 Å². The third-order valence-electron chi connectivity index (χ3n) is 7.91. The number of alkyl halides is 2. The zero-order chi connectivity index (χ0) is 25.0. The van der Waals surface area contributed by atoms with E-state index < -0.39 is 50.8 Å². The molecule has 0 unspecified atom stereocenters. The Morgan fingerprint density at radius 3 is 2.18 bits per heavy atom. The average Bonchev–Trinajstić information content (AvgIpc) is 3.10. The Hall–Kier alpha value is -2.38. The van der Waals surface area contributed by atoms with E-state index in [0.717, 1.165) is 10.5 Å². The smallest absolute Gasteiger partial charge is 0.253 e. The molecule has 1 aromatic carbocycles. The predicted molar refractivity (Wildman–Crippen MR) is 125 cm³/mol. The van der Waals surface area contributed by atoms with E-state index in [1.165, 1.54) is 24.1 Å². The summed E-state index contributed by atoms with van der Waals surface area (Å²) in [5.74, 6) is -4.24. The number of rotatable bonds is 1. The van der Waals surface area contributed by atoms with Gasteiger partial charge in [0.1, 0.15) is 5.75 Å². The number of phenolic OH excluding ortho intramolecular Hbond substituents is 1. The fourth-order valence-corrected chi connectivity index (χ4v) is 7.47. The Labute approximate surface area is 207 Å². The summed E-state index contributed by atoms with van der Waals surface area (Å²) in [7, 11) is 1.36. The first-order chi connectivity index (χ1) is 15.7. The van der Waals surface area contributed by atoms with E-state index in [9.17, 15) is 24.3 Å². The molecule has 6 atom stereocenters. The van der Waals surface area contributed by atoms with Crippen LogP contribution in [0.2, 0.25) is 0 Å². The number of hydrogen-bond acceptors (Lipinski definition) is 5. The molecule has 1 N–H and O–H groups in total. The van der Waals surface area contributed by atoms with Gasteiger partial charge in [0.15, 0.2) is 9.75 Å². The lowest BCUT2D eigenvalue weighted by molar-refractivity contribution is -0.146. The van der Waals surface area contributed by atoms with E-state index in [1.807, 2.05) is 26.8 Å². The molecule has 4 aliphatic rings. The van der Waals surface area contributed by atoms with Crippen molar-refractivity contribution in [3.05, 3.63) is 41.5 Å². The molecule has 1 saturated carbocycles. The van der Waals surface area contributed by atoms with Crippen molar-refractivity contribution in [1.29, 1.82) is 0 Å². The number of carbonyl (C=O) groups is 4. The molecule has 1 aromatic rings. The molecule has 0 bridgehead atoms. The minimum absolute atomic E-state index is 0.0223. The minimum atomic E-state index is -1.80. The van der Waals surface area contributed by atoms with Crippen molar-refractivity contribution in [2.75, 3.05) is 7.05 Å². The molecule has 0 radical (unpaired) electrons. The molecule has 9 heteroatoms. The Bertz CT molecular complexity index is 1170. The monoisotopic (exact) mass is 504 g/mol. The molecule has 2 aliphatic heterocycles. The quantitative estimate of drug-likeness (QED) is 0.360. The van der Waals surface area contributed by atoms with Crippen LogP contribution in [0.15, 0.2) is 35.9 Å². The largest absolute Gasteiger partial charge is 0.508 e. The number of halogens is 2. The Morgan fingerprint density at radius 2 is 1.59 bits per heavy atom. The SMILES string of the molecule is CN1C(=O)[C@]2(Cl)C[C@@H]3C(=CC[C@@H]4C(=O)N(C(C)(C)C)C(=O)[C@@H]43)[C@H](c3ccc(O)cc3)[C@]2(Cl)C1=O. The number of amides is 4. The van der Waals surface area contributed by atoms with E-state index in [4.69, 9.17) is 23.2 Å². The van der Waals surface area contributed by atoms with Crippen LogP contribution in [-0.2, 0) is 19.2 Å². The van der Waals surface area contributed by atoms with Gasteiger partial charge in [-0.25, -0.2) is 0 Å². The first-order valence-corrected chi connectivity index (χ1v) is 12.1. The molecule has 34 heavy (non-hydrogen) atoms. The number of aromatic hydroxyl groups is 1. The van der Waals surface area contributed by atoms with Gasteiger partial charge in [0.25, 0.3) is 11.8 Å². The van der Waals surface area contributed by atoms with Gasteiger partial charge in [-0.3, -0.25) is 29.0 Å². The van der Waals surface area contributed by atoms with Crippen LogP contribution in [0.5, 0.6) is 5.75 Å². The number of hydrogen-bond donors (Lipinski definition) is 1. The summed E-state index contributed by atoms with van der Waals surface area (Å²) in [6.07, 6.45) is 2.21. The number of phenols is 1. The van der Waals surface area contributed by atoms with Crippen molar-refractivity contribution in [3.8, 4) is 5.75 Å². The van der Waals surface area contributed by atoms with Gasteiger partial charge in [0.2, 0.25) is 11.8 Å². The van der Waals surface area contributed by atoms with E-state index >= 15 is 0 Å². The number of likely N-dealkylation sites (tertiary alicyclic amines) is 2. The van der Waals surface area contributed by atoms with Crippen molar-refractivity contribution in [3.63, 3.8) is 0 Å². The number of fused-ring (bicyclic) bond motifs is 4. The first kappa shape index (κ1) is 23.4. The summed E-state index contributed by atoms with van der Waals surface area (Å²) in [5, 5.41) is 9.83.